The zero-order chi connectivity index (χ0) is 17.8. The Kier molecular flexibility index (Phi) is 6.87. The van der Waals surface area contributed by atoms with E-state index in [1.165, 1.54) is 28.9 Å². The Morgan fingerprint density at radius 1 is 1.38 bits per heavy atom. The number of nitrogens with one attached hydrogen (secondary N) is 2. The Labute approximate surface area is 155 Å². The minimum atomic E-state index is -2.94. The molecule has 1 saturated heterocycles. The number of aromatic nitrogens is 3. The molecule has 1 aliphatic heterocycles. The number of alkyl halides is 2. The van der Waals surface area contributed by atoms with Crippen LogP contribution >= 0.6 is 12.4 Å². The number of carbonyl (C=O) groups is 1. The fraction of sp³-hybridized carbons (Fsp3) is 0.438. The van der Waals surface area contributed by atoms with Crippen molar-refractivity contribution in [3.63, 3.8) is 0 Å². The number of piperidine rings is 1. The molecule has 2 aromatic rings. The summed E-state index contributed by atoms with van der Waals surface area (Å²) in [6, 6.07) is 5.60. The molecule has 2 heterocycles. The monoisotopic (exact) mass is 387 g/mol. The highest BCUT2D eigenvalue weighted by molar-refractivity contribution is 6.03. The van der Waals surface area contributed by atoms with Crippen LogP contribution in [0.1, 0.15) is 34.9 Å². The van der Waals surface area contributed by atoms with Crippen molar-refractivity contribution in [2.75, 3.05) is 18.4 Å². The third-order valence-electron chi connectivity index (χ3n) is 4.03. The number of hydrogen-bond acceptors (Lipinski definition) is 5. The largest absolute Gasteiger partial charge is 0.435 e. The van der Waals surface area contributed by atoms with Crippen LogP contribution in [-0.4, -0.2) is 40.4 Å². The van der Waals surface area contributed by atoms with Crippen molar-refractivity contribution in [1.29, 1.82) is 0 Å². The van der Waals surface area contributed by atoms with Crippen LogP contribution in [0.25, 0.3) is 0 Å². The Bertz CT molecular complexity index is 750. The van der Waals surface area contributed by atoms with Crippen molar-refractivity contribution in [1.82, 2.24) is 20.1 Å². The first-order valence-corrected chi connectivity index (χ1v) is 8.01. The highest BCUT2D eigenvalue weighted by Gasteiger charge is 2.21. The number of carbonyl (C=O) groups excluding carboxylic acids is 1. The van der Waals surface area contributed by atoms with Crippen molar-refractivity contribution in [3.05, 3.63) is 35.7 Å². The molecule has 1 fully saturated rings. The molecule has 142 valence electrons. The maximum Gasteiger partial charge on any atom is 0.387 e. The molecule has 0 bridgehead atoms. The summed E-state index contributed by atoms with van der Waals surface area (Å²) in [6.07, 6.45) is 1.90. The predicted octanol–water partition coefficient (Wildman–Crippen LogP) is 2.56. The third-order valence-corrected chi connectivity index (χ3v) is 4.03. The lowest BCUT2D eigenvalue weighted by Crippen LogP contribution is -2.27. The molecule has 0 unspecified atom stereocenters. The number of rotatable bonds is 5. The molecular weight excluding hydrogens is 368 g/mol. The van der Waals surface area contributed by atoms with Crippen LogP contribution in [0.3, 0.4) is 0 Å². The van der Waals surface area contributed by atoms with E-state index in [9.17, 15) is 13.6 Å². The molecule has 26 heavy (non-hydrogen) atoms. The van der Waals surface area contributed by atoms with Crippen LogP contribution < -0.4 is 15.4 Å². The van der Waals surface area contributed by atoms with E-state index in [4.69, 9.17) is 0 Å². The molecule has 0 aliphatic carbocycles. The standard InChI is InChI=1S/C16H19F2N5O2.ClH/c1-23-16(20-13(22-23)10-5-7-19-8-6-10)21-14(24)11-3-2-4-12(9-11)25-15(17)18;/h2-4,9-10,15,19H,5-8H2,1H3,(H,20,21,22,24);1H. The second-order valence-corrected chi connectivity index (χ2v) is 5.80. The molecule has 0 spiro atoms. The van der Waals surface area contributed by atoms with Gasteiger partial charge in [0.1, 0.15) is 5.75 Å². The van der Waals surface area contributed by atoms with Gasteiger partial charge in [0.05, 0.1) is 0 Å². The summed E-state index contributed by atoms with van der Waals surface area (Å²) in [4.78, 5) is 16.8. The molecule has 10 heteroatoms. The first-order valence-electron chi connectivity index (χ1n) is 8.01. The average molecular weight is 388 g/mol. The summed E-state index contributed by atoms with van der Waals surface area (Å²) in [6.45, 7) is -1.10. The molecule has 0 atom stereocenters. The smallest absolute Gasteiger partial charge is 0.387 e. The van der Waals surface area contributed by atoms with E-state index in [-0.39, 0.29) is 29.6 Å². The van der Waals surface area contributed by atoms with Crippen LogP contribution in [0.2, 0.25) is 0 Å². The van der Waals surface area contributed by atoms with Gasteiger partial charge in [-0.15, -0.1) is 12.4 Å². The van der Waals surface area contributed by atoms with E-state index in [1.54, 1.807) is 7.05 Å². The third kappa shape index (κ3) is 4.89. The van der Waals surface area contributed by atoms with Gasteiger partial charge in [0.2, 0.25) is 5.95 Å². The van der Waals surface area contributed by atoms with Gasteiger partial charge in [-0.3, -0.25) is 10.1 Å². The summed E-state index contributed by atoms with van der Waals surface area (Å²) < 4.78 is 30.4. The quantitative estimate of drug-likeness (QED) is 0.824. The number of hydrogen-bond donors (Lipinski definition) is 2. The van der Waals surface area contributed by atoms with Gasteiger partial charge < -0.3 is 10.1 Å². The zero-order valence-electron chi connectivity index (χ0n) is 14.1. The molecule has 1 aromatic carbocycles. The fourth-order valence-corrected chi connectivity index (χ4v) is 2.75. The molecule has 1 aromatic heterocycles. The Balaban J connectivity index is 0.00000243. The second-order valence-electron chi connectivity index (χ2n) is 5.80. The highest BCUT2D eigenvalue weighted by atomic mass is 35.5. The second kappa shape index (κ2) is 8.91. The van der Waals surface area contributed by atoms with E-state index in [2.05, 4.69) is 25.5 Å². The van der Waals surface area contributed by atoms with E-state index in [0.717, 1.165) is 25.9 Å². The van der Waals surface area contributed by atoms with Crippen LogP contribution in [0.15, 0.2) is 24.3 Å². The Morgan fingerprint density at radius 2 is 2.12 bits per heavy atom. The average Bonchev–Trinajstić information content (AvgIpc) is 2.96. The topological polar surface area (TPSA) is 81.1 Å². The predicted molar refractivity (Wildman–Crippen MR) is 94.1 cm³/mol. The van der Waals surface area contributed by atoms with Crippen molar-refractivity contribution in [2.24, 2.45) is 7.05 Å². The number of anilines is 1. The molecule has 0 radical (unpaired) electrons. The van der Waals surface area contributed by atoms with Crippen molar-refractivity contribution in [3.8, 4) is 5.75 Å². The number of benzene rings is 1. The van der Waals surface area contributed by atoms with E-state index >= 15 is 0 Å². The Morgan fingerprint density at radius 3 is 2.81 bits per heavy atom. The van der Waals surface area contributed by atoms with Gasteiger partial charge in [0.15, 0.2) is 5.82 Å². The Hall–Kier alpha value is -2.26. The van der Waals surface area contributed by atoms with Gasteiger partial charge in [-0.05, 0) is 44.1 Å². The summed E-state index contributed by atoms with van der Waals surface area (Å²) >= 11 is 0. The number of ether oxygens (including phenoxy) is 1. The molecular formula is C16H20ClF2N5O2. The van der Waals surface area contributed by atoms with E-state index in [1.807, 2.05) is 0 Å². The summed E-state index contributed by atoms with van der Waals surface area (Å²) in [5.41, 5.74) is 0.199. The molecule has 3 rings (SSSR count). The van der Waals surface area contributed by atoms with E-state index in [0.29, 0.717) is 11.8 Å². The fourth-order valence-electron chi connectivity index (χ4n) is 2.75. The van der Waals surface area contributed by atoms with Crippen LogP contribution in [0, 0.1) is 0 Å². The number of halogens is 3. The highest BCUT2D eigenvalue weighted by Crippen LogP contribution is 2.23. The maximum atomic E-state index is 12.3. The van der Waals surface area contributed by atoms with Crippen LogP contribution in [0.5, 0.6) is 5.75 Å². The lowest BCUT2D eigenvalue weighted by atomic mass is 9.98. The van der Waals surface area contributed by atoms with Gasteiger partial charge in [-0.1, -0.05) is 6.07 Å². The maximum absolute atomic E-state index is 12.3. The van der Waals surface area contributed by atoms with Crippen molar-refractivity contribution in [2.45, 2.75) is 25.4 Å². The molecule has 0 saturated carbocycles. The first kappa shape index (κ1) is 20.1. The minimum absolute atomic E-state index is 0. The lowest BCUT2D eigenvalue weighted by Gasteiger charge is -2.19. The van der Waals surface area contributed by atoms with Gasteiger partial charge in [-0.25, -0.2) is 4.68 Å². The SMILES string of the molecule is Cl.Cn1nc(C2CCNCC2)nc1NC(=O)c1cccc(OC(F)F)c1. The molecule has 1 aliphatic rings. The molecule has 2 N–H and O–H groups in total. The van der Waals surface area contributed by atoms with E-state index < -0.39 is 12.5 Å². The normalized spacial score (nSPS) is 14.8. The van der Waals surface area contributed by atoms with Gasteiger partial charge in [0, 0.05) is 18.5 Å². The van der Waals surface area contributed by atoms with Crippen molar-refractivity contribution < 1.29 is 18.3 Å². The summed E-state index contributed by atoms with van der Waals surface area (Å²) in [5.74, 6) is 0.747. The molecule has 7 nitrogen and oxygen atoms in total. The minimum Gasteiger partial charge on any atom is -0.435 e. The van der Waals surface area contributed by atoms with Gasteiger partial charge in [-0.2, -0.15) is 18.9 Å². The van der Waals surface area contributed by atoms with Crippen LogP contribution in [-0.2, 0) is 7.05 Å². The summed E-state index contributed by atoms with van der Waals surface area (Å²) in [7, 11) is 1.70. The van der Waals surface area contributed by atoms with Gasteiger partial charge >= 0.3 is 6.61 Å². The van der Waals surface area contributed by atoms with Crippen molar-refractivity contribution >= 4 is 24.3 Å². The zero-order valence-corrected chi connectivity index (χ0v) is 14.9. The number of aryl methyl sites for hydroxylation is 1. The lowest BCUT2D eigenvalue weighted by molar-refractivity contribution is -0.0498. The number of amides is 1. The summed E-state index contributed by atoms with van der Waals surface area (Å²) in [5, 5.41) is 10.3. The first-order chi connectivity index (χ1) is 12.0. The molecule has 1 amide bonds. The van der Waals surface area contributed by atoms with Crippen LogP contribution in [0.4, 0.5) is 14.7 Å². The number of nitrogens with zero attached hydrogens (tertiary/aromatic N) is 3. The van der Waals surface area contributed by atoms with Gasteiger partial charge in [0.25, 0.3) is 5.91 Å².